The van der Waals surface area contributed by atoms with Gasteiger partial charge in [0.15, 0.2) is 0 Å². The number of hydrogen-bond acceptors (Lipinski definition) is 5. The summed E-state index contributed by atoms with van der Waals surface area (Å²) >= 11 is 3.28. The van der Waals surface area contributed by atoms with Crippen LogP contribution >= 0.6 is 23.1 Å². The van der Waals surface area contributed by atoms with Gasteiger partial charge in [0.05, 0.1) is 5.39 Å². The van der Waals surface area contributed by atoms with E-state index in [0.29, 0.717) is 12.2 Å². The number of carbonyl (C=O) groups excluding carboxylic acids is 1. The fourth-order valence-electron chi connectivity index (χ4n) is 3.66. The standard InChI is InChI=1S/C21H23N3O2S2/c1-27-14-7-5-6-13(12-14)22-18(25)11-10-17-23-20(26)19-15-8-3-2-4-9-16(15)28-21(19)24-17/h5-7,12H,2-4,8-11H2,1H3,(H,22,25)(H,23,24,26). The predicted molar refractivity (Wildman–Crippen MR) is 117 cm³/mol. The van der Waals surface area contributed by atoms with Gasteiger partial charge in [0.25, 0.3) is 5.56 Å². The molecule has 0 saturated carbocycles. The first-order valence-corrected chi connectivity index (χ1v) is 11.7. The number of nitrogens with one attached hydrogen (secondary N) is 2. The van der Waals surface area contributed by atoms with Crippen LogP contribution in [0.25, 0.3) is 10.2 Å². The zero-order valence-corrected chi connectivity index (χ0v) is 17.5. The molecule has 146 valence electrons. The van der Waals surface area contributed by atoms with E-state index in [0.717, 1.165) is 40.1 Å². The van der Waals surface area contributed by atoms with Crippen molar-refractivity contribution in [3.8, 4) is 0 Å². The summed E-state index contributed by atoms with van der Waals surface area (Å²) in [6, 6.07) is 7.76. The summed E-state index contributed by atoms with van der Waals surface area (Å²) < 4.78 is 0. The molecular formula is C21H23N3O2S2. The van der Waals surface area contributed by atoms with Crippen molar-refractivity contribution < 1.29 is 4.79 Å². The summed E-state index contributed by atoms with van der Waals surface area (Å²) in [6.45, 7) is 0. The first kappa shape index (κ1) is 19.2. The van der Waals surface area contributed by atoms with Crippen molar-refractivity contribution in [1.29, 1.82) is 0 Å². The van der Waals surface area contributed by atoms with Crippen molar-refractivity contribution in [3.05, 3.63) is 50.9 Å². The third-order valence-corrected chi connectivity index (χ3v) is 6.98. The summed E-state index contributed by atoms with van der Waals surface area (Å²) in [6.07, 6.45) is 8.26. The highest BCUT2D eigenvalue weighted by Crippen LogP contribution is 2.32. The number of aromatic amines is 1. The van der Waals surface area contributed by atoms with E-state index >= 15 is 0 Å². The Labute approximate surface area is 172 Å². The van der Waals surface area contributed by atoms with Gasteiger partial charge in [-0.25, -0.2) is 4.98 Å². The Balaban J connectivity index is 1.47. The summed E-state index contributed by atoms with van der Waals surface area (Å²) in [5.41, 5.74) is 1.92. The molecule has 2 aromatic heterocycles. The Morgan fingerprint density at radius 2 is 2.14 bits per heavy atom. The molecule has 5 nitrogen and oxygen atoms in total. The highest BCUT2D eigenvalue weighted by Gasteiger charge is 2.19. The highest BCUT2D eigenvalue weighted by atomic mass is 32.2. The molecule has 2 N–H and O–H groups in total. The highest BCUT2D eigenvalue weighted by molar-refractivity contribution is 7.98. The van der Waals surface area contributed by atoms with Crippen molar-refractivity contribution in [2.45, 2.75) is 49.8 Å². The zero-order chi connectivity index (χ0) is 19.5. The molecule has 0 spiro atoms. The third-order valence-electron chi connectivity index (χ3n) is 5.07. The number of aryl methyl sites for hydroxylation is 3. The monoisotopic (exact) mass is 413 g/mol. The van der Waals surface area contributed by atoms with Crippen LogP contribution in [0, 0.1) is 0 Å². The van der Waals surface area contributed by atoms with Gasteiger partial charge in [-0.15, -0.1) is 23.1 Å². The summed E-state index contributed by atoms with van der Waals surface area (Å²) in [4.78, 5) is 35.7. The Kier molecular flexibility index (Phi) is 5.82. The van der Waals surface area contributed by atoms with Crippen molar-refractivity contribution in [2.75, 3.05) is 11.6 Å². The molecule has 0 bridgehead atoms. The number of anilines is 1. The molecular weight excluding hydrogens is 390 g/mol. The van der Waals surface area contributed by atoms with Gasteiger partial charge in [-0.05, 0) is 55.7 Å². The van der Waals surface area contributed by atoms with Gasteiger partial charge in [0.2, 0.25) is 5.91 Å². The maximum atomic E-state index is 12.7. The predicted octanol–water partition coefficient (Wildman–Crippen LogP) is 4.55. The van der Waals surface area contributed by atoms with Gasteiger partial charge < -0.3 is 10.3 Å². The molecule has 7 heteroatoms. The number of fused-ring (bicyclic) bond motifs is 3. The number of hydrogen-bond donors (Lipinski definition) is 2. The Bertz CT molecular complexity index is 1070. The van der Waals surface area contributed by atoms with Crippen molar-refractivity contribution in [3.63, 3.8) is 0 Å². The molecule has 3 aromatic rings. The second-order valence-electron chi connectivity index (χ2n) is 7.04. The van der Waals surface area contributed by atoms with E-state index in [4.69, 9.17) is 0 Å². The second-order valence-corrected chi connectivity index (χ2v) is 9.00. The van der Waals surface area contributed by atoms with Crippen LogP contribution in [0.3, 0.4) is 0 Å². The Hall–Kier alpha value is -2.12. The summed E-state index contributed by atoms with van der Waals surface area (Å²) in [5.74, 6) is 0.505. The quantitative estimate of drug-likeness (QED) is 0.475. The maximum Gasteiger partial charge on any atom is 0.259 e. The molecule has 28 heavy (non-hydrogen) atoms. The average molecular weight is 414 g/mol. The number of aromatic nitrogens is 2. The SMILES string of the molecule is CSc1cccc(NC(=O)CCc2nc3sc4c(c3c(=O)[nH]2)CCCCC4)c1. The molecule has 0 saturated heterocycles. The van der Waals surface area contributed by atoms with Crippen molar-refractivity contribution in [1.82, 2.24) is 9.97 Å². The first-order valence-electron chi connectivity index (χ1n) is 9.61. The van der Waals surface area contributed by atoms with Crippen LogP contribution in [-0.2, 0) is 24.1 Å². The van der Waals surface area contributed by atoms with Crippen LogP contribution in [0.4, 0.5) is 5.69 Å². The summed E-state index contributed by atoms with van der Waals surface area (Å²) in [5, 5.41) is 3.68. The summed E-state index contributed by atoms with van der Waals surface area (Å²) in [7, 11) is 0. The van der Waals surface area contributed by atoms with Crippen LogP contribution in [-0.4, -0.2) is 22.1 Å². The van der Waals surface area contributed by atoms with Gasteiger partial charge >= 0.3 is 0 Å². The molecule has 1 amide bonds. The number of H-pyrrole nitrogens is 1. The molecule has 2 heterocycles. The van der Waals surface area contributed by atoms with E-state index < -0.39 is 0 Å². The van der Waals surface area contributed by atoms with E-state index in [2.05, 4.69) is 15.3 Å². The smallest absolute Gasteiger partial charge is 0.259 e. The lowest BCUT2D eigenvalue weighted by Crippen LogP contribution is -2.16. The molecule has 1 aliphatic rings. The Morgan fingerprint density at radius 3 is 3.00 bits per heavy atom. The second kappa shape index (κ2) is 8.49. The number of thiophene rings is 1. The zero-order valence-electron chi connectivity index (χ0n) is 15.8. The largest absolute Gasteiger partial charge is 0.326 e. The molecule has 0 atom stereocenters. The average Bonchev–Trinajstić information content (AvgIpc) is 2.88. The van der Waals surface area contributed by atoms with Crippen LogP contribution in [0.2, 0.25) is 0 Å². The fourth-order valence-corrected chi connectivity index (χ4v) is 5.40. The topological polar surface area (TPSA) is 74.8 Å². The van der Waals surface area contributed by atoms with Crippen LogP contribution in [0.5, 0.6) is 0 Å². The fraction of sp³-hybridized carbons (Fsp3) is 0.381. The van der Waals surface area contributed by atoms with E-state index in [9.17, 15) is 9.59 Å². The number of thioether (sulfide) groups is 1. The number of rotatable bonds is 5. The van der Waals surface area contributed by atoms with Gasteiger partial charge in [0, 0.05) is 28.3 Å². The molecule has 1 aliphatic carbocycles. The van der Waals surface area contributed by atoms with E-state index in [1.807, 2.05) is 30.5 Å². The van der Waals surface area contributed by atoms with Crippen LogP contribution < -0.4 is 10.9 Å². The van der Waals surface area contributed by atoms with Gasteiger partial charge in [-0.2, -0.15) is 0 Å². The number of nitrogens with zero attached hydrogens (tertiary/aromatic N) is 1. The number of benzene rings is 1. The van der Waals surface area contributed by atoms with Crippen LogP contribution in [0.1, 0.15) is 41.9 Å². The lowest BCUT2D eigenvalue weighted by atomic mass is 10.1. The van der Waals surface area contributed by atoms with Crippen molar-refractivity contribution in [2.24, 2.45) is 0 Å². The molecule has 0 aliphatic heterocycles. The normalized spacial score (nSPS) is 13.9. The minimum atomic E-state index is -0.0806. The first-order chi connectivity index (χ1) is 13.6. The van der Waals surface area contributed by atoms with Gasteiger partial charge in [0.1, 0.15) is 10.7 Å². The van der Waals surface area contributed by atoms with Crippen molar-refractivity contribution >= 4 is 44.9 Å². The number of amides is 1. The maximum absolute atomic E-state index is 12.7. The lowest BCUT2D eigenvalue weighted by Gasteiger charge is -2.06. The molecule has 4 rings (SSSR count). The minimum Gasteiger partial charge on any atom is -0.326 e. The van der Waals surface area contributed by atoms with E-state index in [1.54, 1.807) is 23.1 Å². The third kappa shape index (κ3) is 4.15. The number of carbonyl (C=O) groups is 1. The molecule has 0 fully saturated rings. The molecule has 0 unspecified atom stereocenters. The van der Waals surface area contributed by atoms with Gasteiger partial charge in [-0.3, -0.25) is 9.59 Å². The molecule has 0 radical (unpaired) electrons. The molecule has 1 aromatic carbocycles. The van der Waals surface area contributed by atoms with E-state index in [1.165, 1.54) is 23.3 Å². The van der Waals surface area contributed by atoms with E-state index in [-0.39, 0.29) is 17.9 Å². The minimum absolute atomic E-state index is 0.0625. The van der Waals surface area contributed by atoms with Gasteiger partial charge in [-0.1, -0.05) is 12.5 Å². The lowest BCUT2D eigenvalue weighted by molar-refractivity contribution is -0.116. The van der Waals surface area contributed by atoms with Crippen LogP contribution in [0.15, 0.2) is 34.0 Å². The Morgan fingerprint density at radius 1 is 1.29 bits per heavy atom.